The van der Waals surface area contributed by atoms with Gasteiger partial charge >= 0.3 is 0 Å². The van der Waals surface area contributed by atoms with E-state index >= 15 is 0 Å². The first kappa shape index (κ1) is 15.0. The van der Waals surface area contributed by atoms with Gasteiger partial charge < -0.3 is 14.4 Å². The molecule has 0 radical (unpaired) electrons. The number of fused-ring (bicyclic) bond motifs is 1. The normalized spacial score (nSPS) is 29.2. The van der Waals surface area contributed by atoms with Crippen LogP contribution in [0.25, 0.3) is 0 Å². The summed E-state index contributed by atoms with van der Waals surface area (Å²) in [7, 11) is 0. The number of hydrogen-bond acceptors (Lipinski definition) is 4. The minimum atomic E-state index is -0.0145. The van der Waals surface area contributed by atoms with E-state index in [1.807, 2.05) is 29.3 Å². The van der Waals surface area contributed by atoms with Crippen LogP contribution in [-0.2, 0) is 9.47 Å². The summed E-state index contributed by atoms with van der Waals surface area (Å²) in [6.45, 7) is 5.82. The first-order valence-corrected chi connectivity index (χ1v) is 8.65. The summed E-state index contributed by atoms with van der Waals surface area (Å²) in [5, 5.41) is 1.96. The molecule has 0 aromatic carbocycles. The van der Waals surface area contributed by atoms with E-state index in [0.29, 0.717) is 13.2 Å². The lowest BCUT2D eigenvalue weighted by atomic mass is 9.73. The molecule has 1 aromatic heterocycles. The standard InChI is InChI=1S/C16H23NO3S/c1-2-19-12-16-7-4-9-20-14(16)6-8-17(11-16)15(18)13-5-3-10-21-13/h3,5,10,14H,2,4,6-9,11-12H2,1H3/t14-,16-/m1/s1. The van der Waals surface area contributed by atoms with E-state index in [9.17, 15) is 4.79 Å². The molecule has 5 heteroatoms. The molecule has 0 saturated carbocycles. The maximum atomic E-state index is 12.6. The highest BCUT2D eigenvalue weighted by Crippen LogP contribution is 2.40. The summed E-state index contributed by atoms with van der Waals surface area (Å²) in [4.78, 5) is 15.4. The van der Waals surface area contributed by atoms with Gasteiger partial charge in [0, 0.05) is 31.7 Å². The summed E-state index contributed by atoms with van der Waals surface area (Å²) in [6.07, 6.45) is 3.31. The Morgan fingerprint density at radius 3 is 3.29 bits per heavy atom. The number of piperidine rings is 1. The summed E-state index contributed by atoms with van der Waals surface area (Å²) in [6, 6.07) is 3.84. The van der Waals surface area contributed by atoms with Gasteiger partial charge in [0.15, 0.2) is 0 Å². The molecular weight excluding hydrogens is 286 g/mol. The van der Waals surface area contributed by atoms with Crippen molar-refractivity contribution in [3.05, 3.63) is 22.4 Å². The van der Waals surface area contributed by atoms with Crippen LogP contribution in [0.15, 0.2) is 17.5 Å². The fourth-order valence-electron chi connectivity index (χ4n) is 3.54. The molecule has 4 nitrogen and oxygen atoms in total. The zero-order chi connectivity index (χ0) is 14.7. The summed E-state index contributed by atoms with van der Waals surface area (Å²) >= 11 is 1.52. The maximum absolute atomic E-state index is 12.6. The van der Waals surface area contributed by atoms with Crippen molar-refractivity contribution in [1.29, 1.82) is 0 Å². The van der Waals surface area contributed by atoms with Gasteiger partial charge in [0.05, 0.1) is 17.6 Å². The van der Waals surface area contributed by atoms with Crippen LogP contribution in [-0.4, -0.2) is 49.8 Å². The molecule has 2 aliphatic heterocycles. The lowest BCUT2D eigenvalue weighted by molar-refractivity contribution is -0.145. The highest BCUT2D eigenvalue weighted by atomic mass is 32.1. The zero-order valence-corrected chi connectivity index (χ0v) is 13.4. The molecule has 0 aliphatic carbocycles. The minimum absolute atomic E-state index is 0.0145. The number of hydrogen-bond donors (Lipinski definition) is 0. The zero-order valence-electron chi connectivity index (χ0n) is 12.5. The van der Waals surface area contributed by atoms with Gasteiger partial charge in [-0.05, 0) is 37.6 Å². The fraction of sp³-hybridized carbons (Fsp3) is 0.688. The number of ether oxygens (including phenoxy) is 2. The van der Waals surface area contributed by atoms with E-state index in [-0.39, 0.29) is 17.4 Å². The van der Waals surface area contributed by atoms with Gasteiger partial charge in [0.2, 0.25) is 0 Å². The van der Waals surface area contributed by atoms with Crippen LogP contribution < -0.4 is 0 Å². The molecule has 1 amide bonds. The van der Waals surface area contributed by atoms with Crippen molar-refractivity contribution in [3.63, 3.8) is 0 Å². The number of carbonyl (C=O) groups excluding carboxylic acids is 1. The van der Waals surface area contributed by atoms with Crippen LogP contribution in [0.5, 0.6) is 0 Å². The molecule has 0 bridgehead atoms. The van der Waals surface area contributed by atoms with Gasteiger partial charge in [-0.2, -0.15) is 0 Å². The molecule has 116 valence electrons. The number of rotatable bonds is 4. The van der Waals surface area contributed by atoms with Gasteiger partial charge in [-0.3, -0.25) is 4.79 Å². The lowest BCUT2D eigenvalue weighted by Crippen LogP contribution is -2.58. The second-order valence-corrected chi connectivity index (χ2v) is 6.90. The molecule has 1 aromatic rings. The third-order valence-corrected chi connectivity index (χ3v) is 5.46. The molecule has 2 saturated heterocycles. The molecular formula is C16H23NO3S. The van der Waals surface area contributed by atoms with Crippen molar-refractivity contribution in [3.8, 4) is 0 Å². The second-order valence-electron chi connectivity index (χ2n) is 5.96. The smallest absolute Gasteiger partial charge is 0.263 e. The fourth-order valence-corrected chi connectivity index (χ4v) is 4.23. The van der Waals surface area contributed by atoms with Gasteiger partial charge in [-0.15, -0.1) is 11.3 Å². The molecule has 3 heterocycles. The number of thiophene rings is 1. The Hall–Kier alpha value is -0.910. The van der Waals surface area contributed by atoms with Crippen molar-refractivity contribution >= 4 is 17.2 Å². The Kier molecular flexibility index (Phi) is 4.62. The number of carbonyl (C=O) groups is 1. The van der Waals surface area contributed by atoms with Gasteiger partial charge in [-0.1, -0.05) is 6.07 Å². The van der Waals surface area contributed by atoms with E-state index in [0.717, 1.165) is 43.8 Å². The number of amides is 1. The summed E-state index contributed by atoms with van der Waals surface area (Å²) < 4.78 is 11.7. The van der Waals surface area contributed by atoms with E-state index in [4.69, 9.17) is 9.47 Å². The van der Waals surface area contributed by atoms with E-state index in [2.05, 4.69) is 0 Å². The van der Waals surface area contributed by atoms with Crippen molar-refractivity contribution in [2.45, 2.75) is 32.3 Å². The van der Waals surface area contributed by atoms with Crippen LogP contribution in [0.4, 0.5) is 0 Å². The predicted molar refractivity (Wildman–Crippen MR) is 82.7 cm³/mol. The summed E-state index contributed by atoms with van der Waals surface area (Å²) in [5.74, 6) is 0.157. The predicted octanol–water partition coefficient (Wildman–Crippen LogP) is 2.80. The first-order chi connectivity index (χ1) is 10.2. The Balaban J connectivity index is 1.76. The molecule has 2 fully saturated rings. The molecule has 0 spiro atoms. The topological polar surface area (TPSA) is 38.8 Å². The van der Waals surface area contributed by atoms with Crippen molar-refractivity contribution in [1.82, 2.24) is 4.90 Å². The van der Waals surface area contributed by atoms with Crippen molar-refractivity contribution < 1.29 is 14.3 Å². The van der Waals surface area contributed by atoms with E-state index < -0.39 is 0 Å². The SMILES string of the molecule is CCOC[C@]12CCCO[C@@H]1CCN(C(=O)c1cccs1)C2. The van der Waals surface area contributed by atoms with Crippen LogP contribution in [0.2, 0.25) is 0 Å². The van der Waals surface area contributed by atoms with Crippen molar-refractivity contribution in [2.24, 2.45) is 5.41 Å². The molecule has 0 unspecified atom stereocenters. The highest BCUT2D eigenvalue weighted by Gasteiger charge is 2.47. The number of likely N-dealkylation sites (tertiary alicyclic amines) is 1. The van der Waals surface area contributed by atoms with Crippen LogP contribution >= 0.6 is 11.3 Å². The maximum Gasteiger partial charge on any atom is 0.263 e. The third kappa shape index (κ3) is 3.00. The Morgan fingerprint density at radius 1 is 1.62 bits per heavy atom. The molecule has 2 aliphatic rings. The highest BCUT2D eigenvalue weighted by molar-refractivity contribution is 7.12. The monoisotopic (exact) mass is 309 g/mol. The molecule has 2 atom stereocenters. The van der Waals surface area contributed by atoms with Gasteiger partial charge in [0.25, 0.3) is 5.91 Å². The van der Waals surface area contributed by atoms with Crippen molar-refractivity contribution in [2.75, 3.05) is 32.9 Å². The Labute approximate surface area is 130 Å². The Bertz CT molecular complexity index is 476. The third-order valence-electron chi connectivity index (χ3n) is 4.60. The molecule has 21 heavy (non-hydrogen) atoms. The van der Waals surface area contributed by atoms with Gasteiger partial charge in [0.1, 0.15) is 0 Å². The van der Waals surface area contributed by atoms with Gasteiger partial charge in [-0.25, -0.2) is 0 Å². The average Bonchev–Trinajstić information content (AvgIpc) is 3.06. The largest absolute Gasteiger partial charge is 0.381 e. The van der Waals surface area contributed by atoms with E-state index in [1.165, 1.54) is 11.3 Å². The first-order valence-electron chi connectivity index (χ1n) is 7.77. The summed E-state index contributed by atoms with van der Waals surface area (Å²) in [5.41, 5.74) is -0.0145. The minimum Gasteiger partial charge on any atom is -0.381 e. The second kappa shape index (κ2) is 6.46. The Morgan fingerprint density at radius 2 is 2.52 bits per heavy atom. The number of nitrogens with zero attached hydrogens (tertiary/aromatic N) is 1. The molecule has 0 N–H and O–H groups in total. The van der Waals surface area contributed by atoms with Crippen LogP contribution in [0.1, 0.15) is 35.9 Å². The van der Waals surface area contributed by atoms with Crippen LogP contribution in [0.3, 0.4) is 0 Å². The lowest BCUT2D eigenvalue weighted by Gasteiger charge is -2.50. The van der Waals surface area contributed by atoms with Crippen LogP contribution in [0, 0.1) is 5.41 Å². The quantitative estimate of drug-likeness (QED) is 0.858. The average molecular weight is 309 g/mol. The molecule has 3 rings (SSSR count). The van der Waals surface area contributed by atoms with E-state index in [1.54, 1.807) is 0 Å².